The summed E-state index contributed by atoms with van der Waals surface area (Å²) >= 11 is 0. The molecule has 0 radical (unpaired) electrons. The van der Waals surface area contributed by atoms with Gasteiger partial charge in [-0.3, -0.25) is 9.69 Å². The van der Waals surface area contributed by atoms with Crippen LogP contribution in [0.3, 0.4) is 0 Å². The van der Waals surface area contributed by atoms with Crippen molar-refractivity contribution in [2.45, 2.75) is 63.5 Å². The lowest BCUT2D eigenvalue weighted by Gasteiger charge is -2.46. The average Bonchev–Trinajstić information content (AvgIpc) is 3.33. The highest BCUT2D eigenvalue weighted by molar-refractivity contribution is 5.91. The summed E-state index contributed by atoms with van der Waals surface area (Å²) in [6.45, 7) is 4.47. The summed E-state index contributed by atoms with van der Waals surface area (Å²) in [5, 5.41) is 19.1. The molecule has 2 spiro atoms. The van der Waals surface area contributed by atoms with E-state index in [-0.39, 0.29) is 17.4 Å². The molecule has 4 aliphatic rings. The van der Waals surface area contributed by atoms with Gasteiger partial charge in [0.15, 0.2) is 17.7 Å². The molecule has 3 fully saturated rings. The number of aliphatic carboxylic acids is 1. The predicted octanol–water partition coefficient (Wildman–Crippen LogP) is 4.12. The van der Waals surface area contributed by atoms with Gasteiger partial charge in [0.05, 0.1) is 0 Å². The fourth-order valence-corrected chi connectivity index (χ4v) is 5.83. The number of halogens is 3. The average molecular weight is 564 g/mol. The summed E-state index contributed by atoms with van der Waals surface area (Å²) in [5.41, 5.74) is 1.75. The summed E-state index contributed by atoms with van der Waals surface area (Å²) in [4.78, 5) is 26.1. The molecule has 216 valence electrons. The number of fused-ring (bicyclic) bond motifs is 1. The minimum atomic E-state index is -5.08. The van der Waals surface area contributed by atoms with Crippen LogP contribution in [0.25, 0.3) is 0 Å². The van der Waals surface area contributed by atoms with Crippen molar-refractivity contribution in [2.24, 2.45) is 5.41 Å². The second-order valence-corrected chi connectivity index (χ2v) is 11.0. The Bertz CT molecular complexity index is 1250. The third-order valence-corrected chi connectivity index (χ3v) is 8.47. The number of piperidine rings is 2. The molecule has 0 bridgehead atoms. The number of carbonyl (C=O) groups is 2. The number of likely N-dealkylation sites (tertiary alicyclic amines) is 2. The number of aromatic nitrogens is 1. The minimum absolute atomic E-state index is 0.151. The highest BCUT2D eigenvalue weighted by atomic mass is 19.4. The number of carbonyl (C=O) groups excluding carboxylic acids is 1. The second-order valence-electron chi connectivity index (χ2n) is 11.0. The first kappa shape index (κ1) is 28.0. The number of hydrogen-bond donors (Lipinski definition) is 1. The monoisotopic (exact) mass is 563 g/mol. The molecule has 1 aromatic heterocycles. The predicted molar refractivity (Wildman–Crippen MR) is 135 cm³/mol. The van der Waals surface area contributed by atoms with Crippen molar-refractivity contribution in [1.82, 2.24) is 9.80 Å². The lowest BCUT2D eigenvalue weighted by Crippen LogP contribution is -2.50. The molecular formula is C28H32F3N3O6. The normalized spacial score (nSPS) is 20.9. The Morgan fingerprint density at radius 1 is 0.950 bits per heavy atom. The van der Waals surface area contributed by atoms with Gasteiger partial charge in [-0.1, -0.05) is 12.1 Å². The smallest absolute Gasteiger partial charge is 0.490 e. The van der Waals surface area contributed by atoms with E-state index in [0.717, 1.165) is 82.7 Å². The first-order valence-electron chi connectivity index (χ1n) is 13.5. The molecule has 1 aromatic carbocycles. The Labute approximate surface area is 229 Å². The molecule has 12 heteroatoms. The van der Waals surface area contributed by atoms with Gasteiger partial charge >= 0.3 is 18.1 Å². The number of pyridine rings is 1. The third kappa shape index (κ3) is 5.81. The van der Waals surface area contributed by atoms with E-state index in [1.54, 1.807) is 18.2 Å². The minimum Gasteiger partial charge on any atom is -0.618 e. The Morgan fingerprint density at radius 3 is 2.17 bits per heavy atom. The molecule has 1 amide bonds. The van der Waals surface area contributed by atoms with Gasteiger partial charge in [0.1, 0.15) is 0 Å². The van der Waals surface area contributed by atoms with E-state index in [1.807, 2.05) is 11.0 Å². The van der Waals surface area contributed by atoms with Crippen molar-refractivity contribution in [2.75, 3.05) is 26.2 Å². The van der Waals surface area contributed by atoms with Crippen molar-refractivity contribution in [3.05, 3.63) is 59.1 Å². The van der Waals surface area contributed by atoms with Crippen LogP contribution < -0.4 is 14.2 Å². The van der Waals surface area contributed by atoms with Crippen LogP contribution in [0, 0.1) is 10.6 Å². The van der Waals surface area contributed by atoms with Crippen molar-refractivity contribution in [3.8, 4) is 11.5 Å². The molecule has 40 heavy (non-hydrogen) atoms. The number of ether oxygens (including phenoxy) is 2. The standard InChI is InChI=1S/C26H31N3O4.C2HF3O2/c30-24(21-6-1-2-14-29(21)31)28-17-12-25(13-18-28)10-15-27(16-11-25)19-20-5-3-7-22-23(20)33-26(32-22)8-4-9-26;3-2(4,5)1(6)7/h1-3,5-7,14H,4,8-13,15-19H2;(H,6,7). The van der Waals surface area contributed by atoms with Gasteiger partial charge in [0, 0.05) is 50.2 Å². The van der Waals surface area contributed by atoms with E-state index in [0.29, 0.717) is 10.1 Å². The van der Waals surface area contributed by atoms with Gasteiger partial charge in [-0.15, -0.1) is 0 Å². The Balaban J connectivity index is 0.000000411. The van der Waals surface area contributed by atoms with E-state index in [9.17, 15) is 23.2 Å². The molecule has 1 aliphatic carbocycles. The molecule has 4 heterocycles. The highest BCUT2D eigenvalue weighted by Gasteiger charge is 2.48. The quantitative estimate of drug-likeness (QED) is 0.442. The van der Waals surface area contributed by atoms with Crippen LogP contribution in [-0.2, 0) is 11.3 Å². The number of carboxylic acid groups (broad SMARTS) is 1. The summed E-state index contributed by atoms with van der Waals surface area (Å²) < 4.78 is 44.8. The van der Waals surface area contributed by atoms with Gasteiger partial charge < -0.3 is 24.7 Å². The maximum Gasteiger partial charge on any atom is 0.490 e. The first-order chi connectivity index (χ1) is 19.0. The number of para-hydroxylation sites is 1. The summed E-state index contributed by atoms with van der Waals surface area (Å²) in [7, 11) is 0. The molecule has 9 nitrogen and oxygen atoms in total. The Hall–Kier alpha value is -3.54. The molecule has 2 aromatic rings. The number of carboxylic acids is 1. The number of rotatable bonds is 3. The van der Waals surface area contributed by atoms with Gasteiger partial charge in [0.25, 0.3) is 11.5 Å². The van der Waals surface area contributed by atoms with Crippen LogP contribution in [0.4, 0.5) is 13.2 Å². The fraction of sp³-hybridized carbons (Fsp3) is 0.536. The number of benzene rings is 1. The summed E-state index contributed by atoms with van der Waals surface area (Å²) in [6.07, 6.45) is 3.76. The van der Waals surface area contributed by atoms with Gasteiger partial charge in [-0.05, 0) is 62.7 Å². The van der Waals surface area contributed by atoms with Crippen molar-refractivity contribution in [3.63, 3.8) is 0 Å². The van der Waals surface area contributed by atoms with Crippen molar-refractivity contribution >= 4 is 11.9 Å². The summed E-state index contributed by atoms with van der Waals surface area (Å²) in [6, 6.07) is 11.3. The number of alkyl halides is 3. The van der Waals surface area contributed by atoms with E-state index in [1.165, 1.54) is 18.2 Å². The fourth-order valence-electron chi connectivity index (χ4n) is 5.83. The number of hydrogen-bond acceptors (Lipinski definition) is 6. The second kappa shape index (κ2) is 10.8. The SMILES string of the molecule is O=C(O)C(F)(F)F.O=C(c1cccc[n+]1[O-])N1CCC2(CCN(Cc3cccc4c3OC3(CCC3)O4)CC2)CC1. The molecule has 1 saturated carbocycles. The van der Waals surface area contributed by atoms with E-state index >= 15 is 0 Å². The van der Waals surface area contributed by atoms with Crippen molar-refractivity contribution < 1.29 is 42.1 Å². The zero-order valence-corrected chi connectivity index (χ0v) is 22.0. The van der Waals surface area contributed by atoms with Gasteiger partial charge in [-0.25, -0.2) is 4.79 Å². The maximum atomic E-state index is 12.8. The van der Waals surface area contributed by atoms with Crippen LogP contribution in [0.5, 0.6) is 11.5 Å². The maximum absolute atomic E-state index is 12.8. The van der Waals surface area contributed by atoms with Gasteiger partial charge in [0.2, 0.25) is 0 Å². The number of nitrogens with zero attached hydrogens (tertiary/aromatic N) is 3. The Morgan fingerprint density at radius 2 is 1.60 bits per heavy atom. The first-order valence-corrected chi connectivity index (χ1v) is 13.5. The van der Waals surface area contributed by atoms with Crippen LogP contribution in [0.15, 0.2) is 42.6 Å². The van der Waals surface area contributed by atoms with Gasteiger partial charge in [-0.2, -0.15) is 17.9 Å². The molecule has 0 atom stereocenters. The molecular weight excluding hydrogens is 531 g/mol. The molecule has 3 aliphatic heterocycles. The van der Waals surface area contributed by atoms with Crippen LogP contribution in [0.2, 0.25) is 0 Å². The highest BCUT2D eigenvalue weighted by Crippen LogP contribution is 2.50. The lowest BCUT2D eigenvalue weighted by molar-refractivity contribution is -0.608. The zero-order chi connectivity index (χ0) is 28.5. The number of amides is 1. The van der Waals surface area contributed by atoms with E-state index in [4.69, 9.17) is 19.4 Å². The van der Waals surface area contributed by atoms with Crippen LogP contribution in [-0.4, -0.2) is 64.9 Å². The summed E-state index contributed by atoms with van der Waals surface area (Å²) in [5.74, 6) is -1.45. The van der Waals surface area contributed by atoms with Crippen LogP contribution in [0.1, 0.15) is 61.0 Å². The lowest BCUT2D eigenvalue weighted by atomic mass is 9.71. The molecule has 1 N–H and O–H groups in total. The van der Waals surface area contributed by atoms with E-state index in [2.05, 4.69) is 17.0 Å². The Kier molecular flexibility index (Phi) is 7.56. The zero-order valence-electron chi connectivity index (χ0n) is 22.0. The third-order valence-electron chi connectivity index (χ3n) is 8.47. The molecule has 6 rings (SSSR count). The molecule has 2 saturated heterocycles. The van der Waals surface area contributed by atoms with Crippen molar-refractivity contribution in [1.29, 1.82) is 0 Å². The molecule has 0 unspecified atom stereocenters. The van der Waals surface area contributed by atoms with Crippen LogP contribution >= 0.6 is 0 Å². The van der Waals surface area contributed by atoms with E-state index < -0.39 is 12.1 Å². The largest absolute Gasteiger partial charge is 0.618 e. The topological polar surface area (TPSA) is 106 Å².